The summed E-state index contributed by atoms with van der Waals surface area (Å²) in [4.78, 5) is 3.40. The monoisotopic (exact) mass is 330 g/mol. The smallest absolute Gasteiger partial charge is 0.184 e. The molecule has 1 heterocycles. The quantitative estimate of drug-likeness (QED) is 0.560. The van der Waals surface area contributed by atoms with Crippen LogP contribution in [0.2, 0.25) is 0 Å². The van der Waals surface area contributed by atoms with Crippen LogP contribution in [0.1, 0.15) is 25.0 Å². The van der Waals surface area contributed by atoms with E-state index in [1.165, 1.54) is 27.6 Å². The van der Waals surface area contributed by atoms with Gasteiger partial charge < -0.3 is 0 Å². The van der Waals surface area contributed by atoms with E-state index < -0.39 is 0 Å². The number of aromatic nitrogens is 1. The minimum absolute atomic E-state index is 0.0840. The van der Waals surface area contributed by atoms with Gasteiger partial charge in [-0.2, -0.15) is 0 Å². The highest BCUT2D eigenvalue weighted by atomic mass is 14.9. The number of fused-ring (bicyclic) bond motifs is 1. The van der Waals surface area contributed by atoms with E-state index in [2.05, 4.69) is 110 Å². The Kier molecular flexibility index (Phi) is 4.80. The fourth-order valence-electron chi connectivity index (χ4n) is 3.34. The molecule has 0 aliphatic carbocycles. The Bertz CT molecular complexity index is 935. The molecule has 2 aromatic carbocycles. The zero-order valence-corrected chi connectivity index (χ0v) is 15.5. The second kappa shape index (κ2) is 7.02. The van der Waals surface area contributed by atoms with Crippen LogP contribution in [0.25, 0.3) is 16.8 Å². The molecule has 0 spiro atoms. The summed E-state index contributed by atoms with van der Waals surface area (Å²) in [5.74, 6) is 0. The van der Waals surface area contributed by atoms with Gasteiger partial charge in [0.05, 0.1) is 5.41 Å². The van der Waals surface area contributed by atoms with Crippen LogP contribution in [0.15, 0.2) is 73.1 Å². The third-order valence-corrected chi connectivity index (χ3v) is 4.82. The van der Waals surface area contributed by atoms with Crippen LogP contribution in [0.3, 0.4) is 0 Å². The van der Waals surface area contributed by atoms with Gasteiger partial charge in [-0.25, -0.2) is 9.56 Å². The molecule has 126 valence electrons. The van der Waals surface area contributed by atoms with E-state index in [4.69, 9.17) is 0 Å². The van der Waals surface area contributed by atoms with Crippen molar-refractivity contribution >= 4 is 22.6 Å². The van der Waals surface area contributed by atoms with Crippen molar-refractivity contribution in [2.45, 2.75) is 19.3 Å². The lowest BCUT2D eigenvalue weighted by molar-refractivity contribution is -0.670. The number of hydrogen-bond acceptors (Lipinski definition) is 0. The van der Waals surface area contributed by atoms with Crippen LogP contribution in [0.5, 0.6) is 0 Å². The number of nitrogens with one attached hydrogen (secondary N) is 1. The van der Waals surface area contributed by atoms with E-state index in [0.717, 1.165) is 0 Å². The van der Waals surface area contributed by atoms with Crippen molar-refractivity contribution in [1.29, 1.82) is 0 Å². The fraction of sp³-hybridized carbons (Fsp3) is 0.217. The van der Waals surface area contributed by atoms with Gasteiger partial charge in [0.1, 0.15) is 14.1 Å². The SMILES string of the molecule is C[NH+]=C(/C=C/c1c[n+](C)cc2ccccc12)C(C)(C)c1ccccc1. The van der Waals surface area contributed by atoms with E-state index in [1.54, 1.807) is 0 Å². The molecular formula is C23H26N2+2. The highest BCUT2D eigenvalue weighted by Gasteiger charge is 2.29. The summed E-state index contributed by atoms with van der Waals surface area (Å²) in [5.41, 5.74) is 3.62. The molecule has 0 bridgehead atoms. The molecule has 3 rings (SSSR count). The van der Waals surface area contributed by atoms with Gasteiger partial charge in [0.2, 0.25) is 0 Å². The van der Waals surface area contributed by atoms with Gasteiger partial charge >= 0.3 is 0 Å². The predicted molar refractivity (Wildman–Crippen MR) is 106 cm³/mol. The maximum Gasteiger partial charge on any atom is 0.184 e. The summed E-state index contributed by atoms with van der Waals surface area (Å²) in [6.45, 7) is 4.50. The number of hydrogen-bond donors (Lipinski definition) is 1. The Labute approximate surface area is 150 Å². The van der Waals surface area contributed by atoms with E-state index in [-0.39, 0.29) is 5.41 Å². The second-order valence-corrected chi connectivity index (χ2v) is 6.95. The Morgan fingerprint density at radius 2 is 1.64 bits per heavy atom. The van der Waals surface area contributed by atoms with Crippen LogP contribution in [0.4, 0.5) is 0 Å². The summed E-state index contributed by atoms with van der Waals surface area (Å²) in [6.07, 6.45) is 8.73. The van der Waals surface area contributed by atoms with Gasteiger partial charge in [-0.1, -0.05) is 48.5 Å². The van der Waals surface area contributed by atoms with Gasteiger partial charge in [0, 0.05) is 22.4 Å². The third kappa shape index (κ3) is 3.53. The standard InChI is InChI=1S/C23H25N2/c1-23(2,20-11-6-5-7-12-20)22(24-3)15-14-19-17-25(4)16-18-10-8-9-13-21(18)19/h5-17H,1-4H3/q+1/p+1/b15-14+,24-22?. The molecule has 0 saturated carbocycles. The number of nitrogens with zero attached hydrogens (tertiary/aromatic N) is 1. The van der Waals surface area contributed by atoms with Gasteiger partial charge in [-0.3, -0.25) is 0 Å². The highest BCUT2D eigenvalue weighted by molar-refractivity contribution is 6.03. The molecule has 0 amide bonds. The van der Waals surface area contributed by atoms with Crippen molar-refractivity contribution in [2.24, 2.45) is 7.05 Å². The van der Waals surface area contributed by atoms with Crippen LogP contribution in [-0.2, 0) is 12.5 Å². The number of benzene rings is 2. The average molecular weight is 330 g/mol. The summed E-state index contributed by atoms with van der Waals surface area (Å²) in [6, 6.07) is 19.1. The molecule has 0 atom stereocenters. The zero-order valence-electron chi connectivity index (χ0n) is 15.5. The van der Waals surface area contributed by atoms with Crippen LogP contribution in [-0.4, -0.2) is 12.8 Å². The molecule has 0 saturated heterocycles. The number of aryl methyl sites for hydroxylation is 1. The molecule has 0 aliphatic rings. The van der Waals surface area contributed by atoms with E-state index >= 15 is 0 Å². The molecule has 1 aromatic heterocycles. The molecular weight excluding hydrogens is 304 g/mol. The van der Waals surface area contributed by atoms with E-state index in [9.17, 15) is 0 Å². The minimum Gasteiger partial charge on any atom is -0.248 e. The first-order chi connectivity index (χ1) is 12.0. The Balaban J connectivity index is 2.01. The number of allylic oxidation sites excluding steroid dienone is 1. The molecule has 0 fully saturated rings. The summed E-state index contributed by atoms with van der Waals surface area (Å²) >= 11 is 0. The molecule has 1 N–H and O–H groups in total. The molecule has 2 nitrogen and oxygen atoms in total. The summed E-state index contributed by atoms with van der Waals surface area (Å²) in [5, 5.41) is 2.52. The zero-order chi connectivity index (χ0) is 17.9. The predicted octanol–water partition coefficient (Wildman–Crippen LogP) is 2.81. The van der Waals surface area contributed by atoms with Crippen molar-refractivity contribution in [3.8, 4) is 0 Å². The normalized spacial score (nSPS) is 12.9. The molecule has 2 heteroatoms. The highest BCUT2D eigenvalue weighted by Crippen LogP contribution is 2.24. The summed E-state index contributed by atoms with van der Waals surface area (Å²) in [7, 11) is 4.06. The van der Waals surface area contributed by atoms with Crippen molar-refractivity contribution < 1.29 is 9.56 Å². The lowest BCUT2D eigenvalue weighted by atomic mass is 9.79. The molecule has 0 radical (unpaired) electrons. The van der Waals surface area contributed by atoms with Gasteiger partial charge in [-0.15, -0.1) is 0 Å². The van der Waals surface area contributed by atoms with Crippen LogP contribution in [0, 0.1) is 0 Å². The van der Waals surface area contributed by atoms with Crippen molar-refractivity contribution in [2.75, 3.05) is 7.05 Å². The topological polar surface area (TPSA) is 17.9 Å². The maximum absolute atomic E-state index is 3.40. The molecule has 25 heavy (non-hydrogen) atoms. The molecule has 3 aromatic rings. The Morgan fingerprint density at radius 3 is 2.36 bits per heavy atom. The molecule has 0 aliphatic heterocycles. The van der Waals surface area contributed by atoms with Crippen LogP contribution < -0.4 is 9.56 Å². The third-order valence-electron chi connectivity index (χ3n) is 4.82. The minimum atomic E-state index is -0.0840. The number of rotatable bonds is 4. The van der Waals surface area contributed by atoms with Crippen molar-refractivity contribution in [1.82, 2.24) is 0 Å². The largest absolute Gasteiger partial charge is 0.248 e. The summed E-state index contributed by atoms with van der Waals surface area (Å²) < 4.78 is 2.11. The Morgan fingerprint density at radius 1 is 0.960 bits per heavy atom. The first kappa shape index (κ1) is 17.1. The fourth-order valence-corrected chi connectivity index (χ4v) is 3.34. The van der Waals surface area contributed by atoms with Crippen LogP contribution >= 0.6 is 0 Å². The van der Waals surface area contributed by atoms with Gasteiger partial charge in [0.15, 0.2) is 18.1 Å². The maximum atomic E-state index is 3.40. The lowest BCUT2D eigenvalue weighted by Crippen LogP contribution is -2.71. The Hall–Kier alpha value is -2.74. The lowest BCUT2D eigenvalue weighted by Gasteiger charge is -2.21. The second-order valence-electron chi connectivity index (χ2n) is 6.95. The molecule has 0 unspecified atom stereocenters. The van der Waals surface area contributed by atoms with E-state index in [1.807, 2.05) is 7.05 Å². The van der Waals surface area contributed by atoms with Crippen molar-refractivity contribution in [3.63, 3.8) is 0 Å². The van der Waals surface area contributed by atoms with Gasteiger partial charge in [-0.05, 0) is 31.6 Å². The van der Waals surface area contributed by atoms with Crippen molar-refractivity contribution in [3.05, 3.63) is 84.2 Å². The first-order valence-corrected chi connectivity index (χ1v) is 8.69. The van der Waals surface area contributed by atoms with E-state index in [0.29, 0.717) is 0 Å². The average Bonchev–Trinajstić information content (AvgIpc) is 2.62. The van der Waals surface area contributed by atoms with Gasteiger partial charge in [0.25, 0.3) is 0 Å². The number of pyridine rings is 1. The first-order valence-electron chi connectivity index (χ1n) is 8.69.